The van der Waals surface area contributed by atoms with Crippen molar-refractivity contribution in [1.82, 2.24) is 20.6 Å². The molecule has 29 heavy (non-hydrogen) atoms. The van der Waals surface area contributed by atoms with Crippen LogP contribution in [0.2, 0.25) is 0 Å². The Hall–Kier alpha value is -3.14. The minimum atomic E-state index is -4.74. The first-order valence-corrected chi connectivity index (χ1v) is 9.25. The van der Waals surface area contributed by atoms with Crippen LogP contribution in [-0.2, 0) is 11.0 Å². The molecule has 1 atom stereocenters. The summed E-state index contributed by atoms with van der Waals surface area (Å²) < 4.78 is 39.8. The predicted octanol–water partition coefficient (Wildman–Crippen LogP) is 3.94. The Morgan fingerprint density at radius 3 is 2.31 bits per heavy atom. The third-order valence-corrected chi connectivity index (χ3v) is 5.11. The first-order chi connectivity index (χ1) is 13.8. The first-order valence-electron chi connectivity index (χ1n) is 8.37. The zero-order chi connectivity index (χ0) is 21.0. The van der Waals surface area contributed by atoms with Crippen molar-refractivity contribution in [3.63, 3.8) is 0 Å². The number of carbonyl (C=O) groups is 2. The minimum Gasteiger partial charge on any atom is -0.341 e. The zero-order valence-electron chi connectivity index (χ0n) is 15.0. The Morgan fingerprint density at radius 1 is 1.00 bits per heavy atom. The van der Waals surface area contributed by atoms with E-state index < -0.39 is 29.2 Å². The molecule has 3 rings (SSSR count). The summed E-state index contributed by atoms with van der Waals surface area (Å²) in [6.45, 7) is 0. The van der Waals surface area contributed by atoms with E-state index >= 15 is 0 Å². The molecule has 150 valence electrons. The molecule has 0 bridgehead atoms. The molecular formula is C19H15F3N4O2S. The number of hydrogen-bond acceptors (Lipinski definition) is 5. The Kier molecular flexibility index (Phi) is 6.02. The fraction of sp³-hybridized carbons (Fsp3) is 0.158. The maximum atomic E-state index is 13.3. The van der Waals surface area contributed by atoms with Crippen LogP contribution >= 0.6 is 11.8 Å². The molecule has 0 spiro atoms. The summed E-state index contributed by atoms with van der Waals surface area (Å²) in [4.78, 5) is 31.5. The number of hydrogen-bond donors (Lipinski definition) is 2. The number of nitrogens with zero attached hydrogens (tertiary/aromatic N) is 2. The minimum absolute atomic E-state index is 0.0103. The quantitative estimate of drug-likeness (QED) is 0.494. The van der Waals surface area contributed by atoms with Gasteiger partial charge >= 0.3 is 12.2 Å². The topological polar surface area (TPSA) is 84.0 Å². The summed E-state index contributed by atoms with van der Waals surface area (Å²) in [7, 11) is 1.35. The average Bonchev–Trinajstić information content (AvgIpc) is 2.71. The lowest BCUT2D eigenvalue weighted by atomic mass is 10.1. The van der Waals surface area contributed by atoms with E-state index in [9.17, 15) is 22.8 Å². The number of urea groups is 1. The number of benzene rings is 2. The number of amides is 3. The molecule has 1 aromatic heterocycles. The Balaban J connectivity index is 2.08. The summed E-state index contributed by atoms with van der Waals surface area (Å²) in [5, 5.41) is 3.79. The number of rotatable bonds is 4. The van der Waals surface area contributed by atoms with Gasteiger partial charge < -0.3 is 5.32 Å². The van der Waals surface area contributed by atoms with Gasteiger partial charge in [0.15, 0.2) is 0 Å². The molecule has 0 unspecified atom stereocenters. The van der Waals surface area contributed by atoms with Crippen molar-refractivity contribution in [1.29, 1.82) is 0 Å². The summed E-state index contributed by atoms with van der Waals surface area (Å²) in [6, 6.07) is 13.9. The van der Waals surface area contributed by atoms with Crippen LogP contribution in [0.3, 0.4) is 0 Å². The van der Waals surface area contributed by atoms with Gasteiger partial charge in [-0.15, -0.1) is 0 Å². The Bertz CT molecular complexity index is 1040. The number of carbonyl (C=O) groups excluding carboxylic acids is 2. The predicted molar refractivity (Wildman–Crippen MR) is 102 cm³/mol. The van der Waals surface area contributed by atoms with E-state index in [1.165, 1.54) is 13.1 Å². The molecule has 0 aliphatic carbocycles. The van der Waals surface area contributed by atoms with Crippen LogP contribution in [0.4, 0.5) is 18.0 Å². The second kappa shape index (κ2) is 8.48. The SMILES string of the molecule is CNC(=O)NC(=O)[C@@H](Sc1nc(C(F)(F)F)nc2ccccc12)c1ccccc1. The van der Waals surface area contributed by atoms with Gasteiger partial charge in [-0.3, -0.25) is 10.1 Å². The van der Waals surface area contributed by atoms with Gasteiger partial charge in [0.1, 0.15) is 10.3 Å². The normalized spacial score (nSPS) is 12.4. The van der Waals surface area contributed by atoms with Gasteiger partial charge in [-0.2, -0.15) is 13.2 Å². The number of para-hydroxylation sites is 1. The highest BCUT2D eigenvalue weighted by Gasteiger charge is 2.36. The molecule has 2 aromatic carbocycles. The van der Waals surface area contributed by atoms with Crippen LogP contribution in [0.5, 0.6) is 0 Å². The fourth-order valence-electron chi connectivity index (χ4n) is 2.52. The highest BCUT2D eigenvalue weighted by atomic mass is 32.2. The monoisotopic (exact) mass is 420 g/mol. The van der Waals surface area contributed by atoms with Crippen molar-refractivity contribution in [2.24, 2.45) is 0 Å². The maximum absolute atomic E-state index is 13.3. The van der Waals surface area contributed by atoms with E-state index in [0.29, 0.717) is 10.9 Å². The number of thioether (sulfide) groups is 1. The van der Waals surface area contributed by atoms with Gasteiger partial charge in [-0.1, -0.05) is 60.3 Å². The molecule has 3 aromatic rings. The van der Waals surface area contributed by atoms with E-state index in [4.69, 9.17) is 0 Å². The van der Waals surface area contributed by atoms with Crippen LogP contribution in [-0.4, -0.2) is 29.0 Å². The molecule has 6 nitrogen and oxygen atoms in total. The highest BCUT2D eigenvalue weighted by Crippen LogP contribution is 2.39. The first kappa shape index (κ1) is 20.6. The van der Waals surface area contributed by atoms with Crippen LogP contribution in [0.15, 0.2) is 59.6 Å². The van der Waals surface area contributed by atoms with Gasteiger partial charge in [0.2, 0.25) is 11.7 Å². The van der Waals surface area contributed by atoms with E-state index in [0.717, 1.165) is 11.8 Å². The molecule has 0 aliphatic rings. The van der Waals surface area contributed by atoms with Crippen molar-refractivity contribution >= 4 is 34.6 Å². The van der Waals surface area contributed by atoms with Gasteiger partial charge in [0.05, 0.1) is 5.52 Å². The van der Waals surface area contributed by atoms with Gasteiger partial charge in [-0.05, 0) is 11.6 Å². The molecule has 0 aliphatic heterocycles. The Labute approximate surface area is 167 Å². The second-order valence-corrected chi connectivity index (χ2v) is 6.94. The summed E-state index contributed by atoms with van der Waals surface area (Å²) in [5.41, 5.74) is 0.617. The van der Waals surface area contributed by atoms with Gasteiger partial charge in [0, 0.05) is 12.4 Å². The van der Waals surface area contributed by atoms with Crippen molar-refractivity contribution in [3.05, 3.63) is 66.0 Å². The maximum Gasteiger partial charge on any atom is 0.451 e. The van der Waals surface area contributed by atoms with E-state index in [1.807, 2.05) is 0 Å². The third-order valence-electron chi connectivity index (χ3n) is 3.86. The van der Waals surface area contributed by atoms with Crippen LogP contribution in [0, 0.1) is 0 Å². The van der Waals surface area contributed by atoms with Crippen LogP contribution < -0.4 is 10.6 Å². The number of aromatic nitrogens is 2. The molecule has 0 fully saturated rings. The molecule has 0 saturated carbocycles. The smallest absolute Gasteiger partial charge is 0.341 e. The standard InChI is InChI=1S/C19H15F3N4O2S/c1-23-18(28)25-15(27)14(11-7-3-2-4-8-11)29-16-12-9-5-6-10-13(12)24-17(26-16)19(20,21)22/h2-10,14H,1H3,(H2,23,25,27,28)/t14-/m0/s1. The molecule has 0 saturated heterocycles. The molecular weight excluding hydrogens is 405 g/mol. The zero-order valence-corrected chi connectivity index (χ0v) is 15.8. The van der Waals surface area contributed by atoms with E-state index in [-0.39, 0.29) is 10.5 Å². The molecule has 10 heteroatoms. The molecule has 1 heterocycles. The third kappa shape index (κ3) is 4.83. The largest absolute Gasteiger partial charge is 0.451 e. The average molecular weight is 420 g/mol. The van der Waals surface area contributed by atoms with Gasteiger partial charge in [0.25, 0.3) is 0 Å². The van der Waals surface area contributed by atoms with Crippen molar-refractivity contribution in [3.8, 4) is 0 Å². The lowest BCUT2D eigenvalue weighted by Crippen LogP contribution is -2.39. The number of imide groups is 1. The van der Waals surface area contributed by atoms with Crippen LogP contribution in [0.25, 0.3) is 10.9 Å². The summed E-state index contributed by atoms with van der Waals surface area (Å²) in [5.74, 6) is -1.98. The summed E-state index contributed by atoms with van der Waals surface area (Å²) in [6.07, 6.45) is -4.74. The van der Waals surface area contributed by atoms with Crippen molar-refractivity contribution < 1.29 is 22.8 Å². The van der Waals surface area contributed by atoms with E-state index in [2.05, 4.69) is 20.6 Å². The van der Waals surface area contributed by atoms with Crippen molar-refractivity contribution in [2.75, 3.05) is 7.05 Å². The lowest BCUT2D eigenvalue weighted by Gasteiger charge is -2.17. The number of fused-ring (bicyclic) bond motifs is 1. The fourth-order valence-corrected chi connectivity index (χ4v) is 3.64. The van der Waals surface area contributed by atoms with Gasteiger partial charge in [-0.25, -0.2) is 14.8 Å². The highest BCUT2D eigenvalue weighted by molar-refractivity contribution is 8.00. The molecule has 2 N–H and O–H groups in total. The number of alkyl halides is 3. The van der Waals surface area contributed by atoms with E-state index in [1.54, 1.807) is 48.5 Å². The summed E-state index contributed by atoms with van der Waals surface area (Å²) >= 11 is 0.819. The molecule has 0 radical (unpaired) electrons. The van der Waals surface area contributed by atoms with Crippen LogP contribution in [0.1, 0.15) is 16.6 Å². The lowest BCUT2D eigenvalue weighted by molar-refractivity contribution is -0.145. The van der Waals surface area contributed by atoms with Crippen molar-refractivity contribution in [2.45, 2.75) is 16.5 Å². The molecule has 3 amide bonds. The number of nitrogens with one attached hydrogen (secondary N) is 2. The second-order valence-electron chi connectivity index (χ2n) is 5.84. The Morgan fingerprint density at radius 2 is 1.66 bits per heavy atom. The number of halogens is 3.